The van der Waals surface area contributed by atoms with E-state index in [1.165, 1.54) is 19.3 Å². The molecule has 10 heteroatoms. The highest BCUT2D eigenvalue weighted by atomic mass is 32.2. The van der Waals surface area contributed by atoms with E-state index < -0.39 is 10.0 Å². The van der Waals surface area contributed by atoms with Gasteiger partial charge in [0.15, 0.2) is 10.7 Å². The van der Waals surface area contributed by atoms with Crippen molar-refractivity contribution in [3.63, 3.8) is 0 Å². The van der Waals surface area contributed by atoms with Crippen LogP contribution in [-0.2, 0) is 10.0 Å². The van der Waals surface area contributed by atoms with Crippen LogP contribution in [0.1, 0.15) is 11.5 Å². The molecule has 0 unspecified atom stereocenters. The predicted octanol–water partition coefficient (Wildman–Crippen LogP) is 1.07. The van der Waals surface area contributed by atoms with Gasteiger partial charge in [0, 0.05) is 18.5 Å². The van der Waals surface area contributed by atoms with Gasteiger partial charge in [-0.2, -0.15) is 0 Å². The third-order valence-electron chi connectivity index (χ3n) is 2.90. The van der Waals surface area contributed by atoms with Gasteiger partial charge in [0.25, 0.3) is 10.0 Å². The minimum atomic E-state index is -3.84. The van der Waals surface area contributed by atoms with E-state index in [1.807, 2.05) is 0 Å². The fourth-order valence-electron chi connectivity index (χ4n) is 1.99. The quantitative estimate of drug-likeness (QED) is 0.764. The summed E-state index contributed by atoms with van der Waals surface area (Å²) in [7, 11) is -3.84. The average molecular weight is 320 g/mol. The summed E-state index contributed by atoms with van der Waals surface area (Å²) in [6, 6.07) is 1.50. The van der Waals surface area contributed by atoms with Gasteiger partial charge in [-0.1, -0.05) is 5.16 Å². The second-order valence-corrected chi connectivity index (χ2v) is 6.11. The van der Waals surface area contributed by atoms with Gasteiger partial charge in [-0.3, -0.25) is 9.29 Å². The van der Waals surface area contributed by atoms with E-state index in [0.717, 1.165) is 0 Å². The molecule has 0 amide bonds. The summed E-state index contributed by atoms with van der Waals surface area (Å²) >= 11 is 0. The van der Waals surface area contributed by atoms with Crippen molar-refractivity contribution in [1.82, 2.24) is 24.7 Å². The Bertz CT molecular complexity index is 881. The van der Waals surface area contributed by atoms with Crippen LogP contribution in [0.15, 0.2) is 40.5 Å². The van der Waals surface area contributed by atoms with Crippen molar-refractivity contribution in [2.45, 2.75) is 18.7 Å². The lowest BCUT2D eigenvalue weighted by Crippen LogP contribution is -2.15. The van der Waals surface area contributed by atoms with E-state index in [1.54, 1.807) is 30.2 Å². The van der Waals surface area contributed by atoms with Gasteiger partial charge < -0.3 is 4.52 Å². The van der Waals surface area contributed by atoms with Crippen LogP contribution in [0.4, 0.5) is 5.82 Å². The lowest BCUT2D eigenvalue weighted by Gasteiger charge is -2.08. The van der Waals surface area contributed by atoms with Crippen molar-refractivity contribution in [3.05, 3.63) is 42.6 Å². The van der Waals surface area contributed by atoms with Gasteiger partial charge in [0.2, 0.25) is 0 Å². The molecule has 0 saturated carbocycles. The van der Waals surface area contributed by atoms with Gasteiger partial charge in [-0.15, -0.1) is 0 Å². The molecule has 0 spiro atoms. The lowest BCUT2D eigenvalue weighted by molar-refractivity contribution is 0.390. The normalized spacial score (nSPS) is 11.5. The number of hydrogen-bond acceptors (Lipinski definition) is 7. The minimum Gasteiger partial charge on any atom is -0.360 e. The molecular formula is C12H12N6O3S. The van der Waals surface area contributed by atoms with E-state index in [-0.39, 0.29) is 22.2 Å². The largest absolute Gasteiger partial charge is 0.360 e. The molecule has 0 saturated heterocycles. The fourth-order valence-corrected chi connectivity index (χ4v) is 3.32. The topological polar surface area (TPSA) is 116 Å². The van der Waals surface area contributed by atoms with Crippen molar-refractivity contribution < 1.29 is 12.9 Å². The Balaban J connectivity index is 1.95. The fraction of sp³-hybridized carbons (Fsp3) is 0.167. The van der Waals surface area contributed by atoms with Crippen LogP contribution in [0.3, 0.4) is 0 Å². The summed E-state index contributed by atoms with van der Waals surface area (Å²) < 4.78 is 33.7. The van der Waals surface area contributed by atoms with E-state index in [9.17, 15) is 8.42 Å². The summed E-state index contributed by atoms with van der Waals surface area (Å²) in [4.78, 5) is 11.9. The number of sulfonamides is 1. The molecule has 9 nitrogen and oxygen atoms in total. The predicted molar refractivity (Wildman–Crippen MR) is 75.9 cm³/mol. The highest BCUT2D eigenvalue weighted by Crippen LogP contribution is 2.21. The Morgan fingerprint density at radius 2 is 2.09 bits per heavy atom. The first kappa shape index (κ1) is 14.2. The van der Waals surface area contributed by atoms with Gasteiger partial charge in [0.05, 0.1) is 0 Å². The van der Waals surface area contributed by atoms with Crippen molar-refractivity contribution in [2.75, 3.05) is 4.72 Å². The standard InChI is InChI=1S/C12H12N6O3S/c1-8-12(9(2)21-16-8)22(19,20)17-10-5-11(15-6-14-10)18-4-3-13-7-18/h3-7H,1-2H3,(H,14,15,17). The monoisotopic (exact) mass is 320 g/mol. The van der Waals surface area contributed by atoms with Crippen LogP contribution in [0, 0.1) is 13.8 Å². The number of nitrogens with one attached hydrogen (secondary N) is 1. The Morgan fingerprint density at radius 3 is 2.73 bits per heavy atom. The molecule has 3 aromatic rings. The summed E-state index contributed by atoms with van der Waals surface area (Å²) in [5.74, 6) is 0.844. The minimum absolute atomic E-state index is 0.00953. The van der Waals surface area contributed by atoms with Crippen LogP contribution in [0.2, 0.25) is 0 Å². The molecule has 0 aliphatic heterocycles. The van der Waals surface area contributed by atoms with Crippen LogP contribution >= 0.6 is 0 Å². The van der Waals surface area contributed by atoms with E-state index in [4.69, 9.17) is 4.52 Å². The van der Waals surface area contributed by atoms with Crippen LogP contribution in [0.25, 0.3) is 5.82 Å². The SMILES string of the molecule is Cc1noc(C)c1S(=O)(=O)Nc1cc(-n2ccnc2)ncn1. The maximum Gasteiger partial charge on any atom is 0.268 e. The number of anilines is 1. The summed E-state index contributed by atoms with van der Waals surface area (Å²) in [5.41, 5.74) is 0.286. The van der Waals surface area contributed by atoms with Crippen LogP contribution in [0.5, 0.6) is 0 Å². The molecular weight excluding hydrogens is 308 g/mol. The molecule has 0 aliphatic rings. The zero-order valence-corrected chi connectivity index (χ0v) is 12.6. The second kappa shape index (κ2) is 5.22. The summed E-state index contributed by atoms with van der Waals surface area (Å²) in [6.45, 7) is 3.09. The van der Waals surface area contributed by atoms with Crippen molar-refractivity contribution >= 4 is 15.8 Å². The number of nitrogens with zero attached hydrogens (tertiary/aromatic N) is 5. The van der Waals surface area contributed by atoms with Crippen molar-refractivity contribution in [2.24, 2.45) is 0 Å². The van der Waals surface area contributed by atoms with E-state index >= 15 is 0 Å². The molecule has 0 bridgehead atoms. The van der Waals surface area contributed by atoms with Gasteiger partial charge in [-0.05, 0) is 13.8 Å². The van der Waals surface area contributed by atoms with E-state index in [0.29, 0.717) is 5.82 Å². The Kier molecular flexibility index (Phi) is 3.37. The molecule has 0 radical (unpaired) electrons. The van der Waals surface area contributed by atoms with Gasteiger partial charge >= 0.3 is 0 Å². The highest BCUT2D eigenvalue weighted by Gasteiger charge is 2.24. The molecule has 0 atom stereocenters. The second-order valence-electron chi connectivity index (χ2n) is 4.49. The first-order chi connectivity index (χ1) is 10.5. The molecule has 114 valence electrons. The van der Waals surface area contributed by atoms with Gasteiger partial charge in [0.1, 0.15) is 30.0 Å². The molecule has 3 heterocycles. The molecule has 22 heavy (non-hydrogen) atoms. The number of aryl methyl sites for hydroxylation is 2. The van der Waals surface area contributed by atoms with Crippen LogP contribution < -0.4 is 4.72 Å². The summed E-state index contributed by atoms with van der Waals surface area (Å²) in [6.07, 6.45) is 6.10. The maximum atomic E-state index is 12.4. The molecule has 0 aliphatic carbocycles. The first-order valence-corrected chi connectivity index (χ1v) is 7.72. The highest BCUT2D eigenvalue weighted by molar-refractivity contribution is 7.92. The zero-order valence-electron chi connectivity index (χ0n) is 11.8. The van der Waals surface area contributed by atoms with Crippen molar-refractivity contribution in [1.29, 1.82) is 0 Å². The third-order valence-corrected chi connectivity index (χ3v) is 4.50. The van der Waals surface area contributed by atoms with Crippen molar-refractivity contribution in [3.8, 4) is 5.82 Å². The van der Waals surface area contributed by atoms with E-state index in [2.05, 4.69) is 24.8 Å². The molecule has 0 fully saturated rings. The Hall–Kier alpha value is -2.75. The number of hydrogen-bond donors (Lipinski definition) is 1. The zero-order chi connectivity index (χ0) is 15.7. The van der Waals surface area contributed by atoms with Crippen LogP contribution in [-0.4, -0.2) is 33.1 Å². The average Bonchev–Trinajstić information content (AvgIpc) is 3.09. The molecule has 3 rings (SSSR count). The molecule has 0 aromatic carbocycles. The van der Waals surface area contributed by atoms with Gasteiger partial charge in [-0.25, -0.2) is 23.4 Å². The number of rotatable bonds is 4. The summed E-state index contributed by atoms with van der Waals surface area (Å²) in [5, 5.41) is 3.64. The third kappa shape index (κ3) is 2.55. The lowest BCUT2D eigenvalue weighted by atomic mass is 10.4. The number of imidazole rings is 1. The molecule has 3 aromatic heterocycles. The Morgan fingerprint density at radius 1 is 1.27 bits per heavy atom. The Labute approximate surface area is 126 Å². The maximum absolute atomic E-state index is 12.4. The smallest absolute Gasteiger partial charge is 0.268 e. The number of aromatic nitrogens is 5. The molecule has 1 N–H and O–H groups in total. The first-order valence-electron chi connectivity index (χ1n) is 6.23.